The summed E-state index contributed by atoms with van der Waals surface area (Å²) in [5.41, 5.74) is 1.13. The van der Waals surface area contributed by atoms with Crippen LogP contribution in [-0.4, -0.2) is 14.8 Å². The highest BCUT2D eigenvalue weighted by molar-refractivity contribution is 6.31. The Morgan fingerprint density at radius 1 is 1.38 bits per heavy atom. The lowest BCUT2D eigenvalue weighted by Gasteiger charge is -2.01. The quantitative estimate of drug-likeness (QED) is 0.734. The highest BCUT2D eigenvalue weighted by Crippen LogP contribution is 2.17. The van der Waals surface area contributed by atoms with Gasteiger partial charge in [0.2, 0.25) is 0 Å². The summed E-state index contributed by atoms with van der Waals surface area (Å²) in [6.45, 7) is 1.79. The second kappa shape index (κ2) is 4.12. The average Bonchev–Trinajstić information content (AvgIpc) is 2.58. The number of halogens is 2. The van der Waals surface area contributed by atoms with Crippen LogP contribution in [0.4, 0.5) is 0 Å². The van der Waals surface area contributed by atoms with Crippen molar-refractivity contribution in [1.82, 2.24) is 14.8 Å². The van der Waals surface area contributed by atoms with Crippen molar-refractivity contribution in [3.63, 3.8) is 0 Å². The van der Waals surface area contributed by atoms with E-state index in [0.717, 1.165) is 0 Å². The largest absolute Gasteiger partial charge is 0.221 e. The van der Waals surface area contributed by atoms with Crippen LogP contribution in [0.25, 0.3) is 5.82 Å². The molecule has 0 radical (unpaired) electrons. The van der Waals surface area contributed by atoms with E-state index in [2.05, 4.69) is 10.1 Å². The molecule has 0 unspecified atom stereocenters. The standard InChI is InChI=1S/C10H6Cl2N4/c1-6-8(11)5-16(15-6)10-3-7(4-13)2-9(12)14-10/h2-3,5H,1H3. The van der Waals surface area contributed by atoms with Crippen LogP contribution < -0.4 is 0 Å². The second-order valence-electron chi connectivity index (χ2n) is 3.16. The van der Waals surface area contributed by atoms with Crippen LogP contribution in [0.1, 0.15) is 11.3 Å². The van der Waals surface area contributed by atoms with Gasteiger partial charge in [-0.05, 0) is 13.0 Å². The minimum atomic E-state index is 0.248. The first-order valence-corrected chi connectivity index (χ1v) is 5.15. The van der Waals surface area contributed by atoms with Crippen molar-refractivity contribution in [1.29, 1.82) is 5.26 Å². The average molecular weight is 253 g/mol. The van der Waals surface area contributed by atoms with E-state index >= 15 is 0 Å². The zero-order valence-electron chi connectivity index (χ0n) is 8.28. The van der Waals surface area contributed by atoms with Crippen molar-refractivity contribution >= 4 is 23.2 Å². The Morgan fingerprint density at radius 3 is 2.69 bits per heavy atom. The first-order chi connectivity index (χ1) is 7.60. The molecule has 2 aromatic heterocycles. The summed E-state index contributed by atoms with van der Waals surface area (Å²) in [5, 5.41) is 13.7. The molecule has 0 saturated carbocycles. The zero-order chi connectivity index (χ0) is 11.7. The van der Waals surface area contributed by atoms with Gasteiger partial charge in [0.15, 0.2) is 5.82 Å². The van der Waals surface area contributed by atoms with E-state index in [1.54, 1.807) is 19.2 Å². The van der Waals surface area contributed by atoms with Gasteiger partial charge in [-0.25, -0.2) is 9.67 Å². The van der Waals surface area contributed by atoms with E-state index in [1.807, 2.05) is 6.07 Å². The van der Waals surface area contributed by atoms with Gasteiger partial charge < -0.3 is 0 Å². The molecule has 0 amide bonds. The predicted molar refractivity (Wildman–Crippen MR) is 60.8 cm³/mol. The van der Waals surface area contributed by atoms with Gasteiger partial charge >= 0.3 is 0 Å². The smallest absolute Gasteiger partial charge is 0.156 e. The number of pyridine rings is 1. The Kier molecular flexibility index (Phi) is 2.82. The van der Waals surface area contributed by atoms with Crippen LogP contribution >= 0.6 is 23.2 Å². The molecule has 0 aliphatic heterocycles. The molecule has 0 fully saturated rings. The molecule has 0 spiro atoms. The minimum Gasteiger partial charge on any atom is -0.221 e. The summed E-state index contributed by atoms with van der Waals surface area (Å²) in [5.74, 6) is 0.471. The van der Waals surface area contributed by atoms with Crippen molar-refractivity contribution in [2.75, 3.05) is 0 Å². The molecule has 2 rings (SSSR count). The Morgan fingerprint density at radius 2 is 2.12 bits per heavy atom. The van der Waals surface area contributed by atoms with E-state index < -0.39 is 0 Å². The van der Waals surface area contributed by atoms with Gasteiger partial charge in [-0.15, -0.1) is 0 Å². The Labute approximate surface area is 102 Å². The molecular weight excluding hydrogens is 247 g/mol. The van der Waals surface area contributed by atoms with Crippen LogP contribution in [-0.2, 0) is 0 Å². The van der Waals surface area contributed by atoms with Gasteiger partial charge in [0, 0.05) is 6.07 Å². The summed E-state index contributed by atoms with van der Waals surface area (Å²) in [6.07, 6.45) is 1.62. The van der Waals surface area contributed by atoms with Gasteiger partial charge in [0.1, 0.15) is 5.15 Å². The maximum Gasteiger partial charge on any atom is 0.156 e. The normalized spacial score (nSPS) is 10.1. The van der Waals surface area contributed by atoms with E-state index in [1.165, 1.54) is 10.7 Å². The minimum absolute atomic E-state index is 0.248. The number of rotatable bonds is 1. The van der Waals surface area contributed by atoms with E-state index in [-0.39, 0.29) is 5.15 Å². The van der Waals surface area contributed by atoms with Crippen molar-refractivity contribution in [3.8, 4) is 11.9 Å². The molecule has 16 heavy (non-hydrogen) atoms. The van der Waals surface area contributed by atoms with Crippen LogP contribution in [0.3, 0.4) is 0 Å². The van der Waals surface area contributed by atoms with Gasteiger partial charge in [-0.1, -0.05) is 23.2 Å². The highest BCUT2D eigenvalue weighted by atomic mass is 35.5. The molecule has 0 saturated heterocycles. The summed E-state index contributed by atoms with van der Waals surface area (Å²) in [4.78, 5) is 4.06. The van der Waals surface area contributed by atoms with Crippen molar-refractivity contribution in [2.24, 2.45) is 0 Å². The van der Waals surface area contributed by atoms with Crippen LogP contribution in [0.2, 0.25) is 10.2 Å². The van der Waals surface area contributed by atoms with Gasteiger partial charge in [-0.3, -0.25) is 0 Å². The topological polar surface area (TPSA) is 54.5 Å². The maximum atomic E-state index is 8.80. The summed E-state index contributed by atoms with van der Waals surface area (Å²) in [7, 11) is 0. The third-order valence-corrected chi connectivity index (χ3v) is 2.55. The molecule has 0 aliphatic rings. The molecular formula is C10H6Cl2N4. The predicted octanol–water partition coefficient (Wildman–Crippen LogP) is 2.75. The molecule has 80 valence electrons. The zero-order valence-corrected chi connectivity index (χ0v) is 9.79. The Hall–Kier alpha value is -1.57. The highest BCUT2D eigenvalue weighted by Gasteiger charge is 2.07. The van der Waals surface area contributed by atoms with Crippen molar-refractivity contribution in [3.05, 3.63) is 39.8 Å². The monoisotopic (exact) mass is 252 g/mol. The number of hydrogen-bond acceptors (Lipinski definition) is 3. The van der Waals surface area contributed by atoms with Gasteiger partial charge in [0.25, 0.3) is 0 Å². The maximum absolute atomic E-state index is 8.80. The fourth-order valence-corrected chi connectivity index (χ4v) is 1.56. The molecule has 0 atom stereocenters. The Balaban J connectivity index is 2.56. The van der Waals surface area contributed by atoms with Crippen LogP contribution in [0.5, 0.6) is 0 Å². The molecule has 0 bridgehead atoms. The third-order valence-electron chi connectivity index (χ3n) is 1.98. The number of hydrogen-bond donors (Lipinski definition) is 0. The summed E-state index contributed by atoms with van der Waals surface area (Å²) >= 11 is 11.7. The molecule has 0 N–H and O–H groups in total. The number of aromatic nitrogens is 3. The number of nitrogens with zero attached hydrogens (tertiary/aromatic N) is 4. The lowest BCUT2D eigenvalue weighted by atomic mass is 10.3. The van der Waals surface area contributed by atoms with Crippen molar-refractivity contribution in [2.45, 2.75) is 6.92 Å². The first-order valence-electron chi connectivity index (χ1n) is 4.40. The second-order valence-corrected chi connectivity index (χ2v) is 3.95. The first kappa shape index (κ1) is 10.9. The number of nitriles is 1. The molecule has 2 heterocycles. The van der Waals surface area contributed by atoms with Crippen molar-refractivity contribution < 1.29 is 0 Å². The van der Waals surface area contributed by atoms with E-state index in [4.69, 9.17) is 28.5 Å². The number of aryl methyl sites for hydroxylation is 1. The summed E-state index contributed by atoms with van der Waals surface area (Å²) in [6, 6.07) is 5.08. The summed E-state index contributed by atoms with van der Waals surface area (Å²) < 4.78 is 1.49. The molecule has 2 aromatic rings. The molecule has 0 aliphatic carbocycles. The Bertz CT molecular complexity index is 563. The SMILES string of the molecule is Cc1nn(-c2cc(C#N)cc(Cl)n2)cc1Cl. The molecule has 4 nitrogen and oxygen atoms in total. The lowest BCUT2D eigenvalue weighted by molar-refractivity contribution is 0.832. The van der Waals surface area contributed by atoms with E-state index in [9.17, 15) is 0 Å². The van der Waals surface area contributed by atoms with Gasteiger partial charge in [0.05, 0.1) is 28.5 Å². The van der Waals surface area contributed by atoms with Crippen LogP contribution in [0, 0.1) is 18.3 Å². The fourth-order valence-electron chi connectivity index (χ4n) is 1.22. The third kappa shape index (κ3) is 2.01. The van der Waals surface area contributed by atoms with Gasteiger partial charge in [-0.2, -0.15) is 10.4 Å². The van der Waals surface area contributed by atoms with E-state index in [0.29, 0.717) is 22.1 Å². The lowest BCUT2D eigenvalue weighted by Crippen LogP contribution is -1.99. The fraction of sp³-hybridized carbons (Fsp3) is 0.100. The molecule has 0 aromatic carbocycles. The molecule has 6 heteroatoms. The van der Waals surface area contributed by atoms with Crippen LogP contribution in [0.15, 0.2) is 18.3 Å².